The number of aromatic nitrogens is 4. The average Bonchev–Trinajstić information content (AvgIpc) is 3.17. The lowest BCUT2D eigenvalue weighted by atomic mass is 10.0. The number of unbranched alkanes of at least 4 members (excludes halogenated alkanes) is 1. The molecule has 0 aromatic carbocycles. The Hall–Kier alpha value is -3.03. The van der Waals surface area contributed by atoms with Gasteiger partial charge in [0.05, 0.1) is 12.8 Å². The lowest BCUT2D eigenvalue weighted by molar-refractivity contribution is -0.132. The monoisotopic (exact) mass is 341 g/mol. The van der Waals surface area contributed by atoms with E-state index in [4.69, 9.17) is 9.84 Å². The molecule has 3 rings (SSSR count). The summed E-state index contributed by atoms with van der Waals surface area (Å²) in [7, 11) is 0. The Bertz CT molecular complexity index is 766. The maximum Gasteiger partial charge on any atom is 0.354 e. The largest absolute Gasteiger partial charge is 0.492 e. The number of hydrogen-bond donors (Lipinski definition) is 1. The molecule has 0 saturated heterocycles. The summed E-state index contributed by atoms with van der Waals surface area (Å²) in [6.07, 6.45) is 10.5. The molecule has 0 bridgehead atoms. The summed E-state index contributed by atoms with van der Waals surface area (Å²) >= 11 is 0. The molecular formula is C17H19N5O3. The second-order valence-corrected chi connectivity index (χ2v) is 5.61. The molecule has 0 aliphatic carbocycles. The van der Waals surface area contributed by atoms with Gasteiger partial charge in [0.1, 0.15) is 24.1 Å². The Morgan fingerprint density at radius 3 is 2.96 bits per heavy atom. The molecule has 0 fully saturated rings. The molecule has 0 atom stereocenters. The van der Waals surface area contributed by atoms with Gasteiger partial charge in [-0.05, 0) is 44.2 Å². The van der Waals surface area contributed by atoms with Gasteiger partial charge >= 0.3 is 5.97 Å². The zero-order valence-electron chi connectivity index (χ0n) is 13.7. The first-order valence-corrected chi connectivity index (χ1v) is 8.16. The Morgan fingerprint density at radius 2 is 2.24 bits per heavy atom. The molecule has 0 radical (unpaired) electrons. The fourth-order valence-electron chi connectivity index (χ4n) is 2.50. The first kappa shape index (κ1) is 16.8. The van der Waals surface area contributed by atoms with Crippen LogP contribution in [0.4, 0.5) is 0 Å². The topological polar surface area (TPSA) is 102 Å². The number of nitrogens with zero attached hydrogens (tertiary/aromatic N) is 5. The summed E-state index contributed by atoms with van der Waals surface area (Å²) in [5.74, 6) is 0.430. The highest BCUT2D eigenvalue weighted by atomic mass is 16.5. The number of pyridine rings is 1. The van der Waals surface area contributed by atoms with Crippen molar-refractivity contribution in [3.8, 4) is 11.6 Å². The zero-order valence-corrected chi connectivity index (χ0v) is 13.7. The molecule has 2 aromatic rings. The van der Waals surface area contributed by atoms with E-state index in [0.717, 1.165) is 37.8 Å². The van der Waals surface area contributed by atoms with Crippen LogP contribution in [0.1, 0.15) is 32.1 Å². The Kier molecular flexibility index (Phi) is 5.50. The number of rotatable bonds is 8. The third kappa shape index (κ3) is 4.72. The first-order valence-electron chi connectivity index (χ1n) is 8.16. The Morgan fingerprint density at radius 1 is 1.32 bits per heavy atom. The highest BCUT2D eigenvalue weighted by Crippen LogP contribution is 2.16. The zero-order chi connectivity index (χ0) is 17.5. The number of allylic oxidation sites excluding steroid dienone is 1. The van der Waals surface area contributed by atoms with E-state index in [-0.39, 0.29) is 5.70 Å². The fraction of sp³-hybridized carbons (Fsp3) is 0.353. The van der Waals surface area contributed by atoms with E-state index in [1.54, 1.807) is 23.3 Å². The van der Waals surface area contributed by atoms with Crippen LogP contribution in [0.2, 0.25) is 0 Å². The van der Waals surface area contributed by atoms with Gasteiger partial charge in [-0.15, -0.1) is 0 Å². The van der Waals surface area contributed by atoms with Crippen LogP contribution >= 0.6 is 0 Å². The van der Waals surface area contributed by atoms with Crippen molar-refractivity contribution in [2.75, 3.05) is 6.61 Å². The molecule has 0 unspecified atom stereocenters. The molecule has 8 heteroatoms. The van der Waals surface area contributed by atoms with Crippen LogP contribution in [-0.4, -0.2) is 43.1 Å². The lowest BCUT2D eigenvalue weighted by Gasteiger charge is -2.11. The number of carboxylic acids is 1. The SMILES string of the molecule is O=C(O)C1=CCCC(CCCCOc2ccc(-n3cncn3)nc2)=N1. The van der Waals surface area contributed by atoms with Crippen molar-refractivity contribution in [2.45, 2.75) is 32.1 Å². The van der Waals surface area contributed by atoms with Gasteiger partial charge in [0.15, 0.2) is 5.82 Å². The van der Waals surface area contributed by atoms with E-state index < -0.39 is 5.97 Å². The molecular weight excluding hydrogens is 322 g/mol. The minimum atomic E-state index is -0.956. The second kappa shape index (κ2) is 8.18. The van der Waals surface area contributed by atoms with Crippen LogP contribution in [0.15, 0.2) is 47.7 Å². The molecule has 0 saturated carbocycles. The van der Waals surface area contributed by atoms with Crippen molar-refractivity contribution in [3.63, 3.8) is 0 Å². The number of ether oxygens (including phenoxy) is 1. The van der Waals surface area contributed by atoms with Crippen molar-refractivity contribution in [2.24, 2.45) is 4.99 Å². The maximum absolute atomic E-state index is 10.9. The van der Waals surface area contributed by atoms with Gasteiger partial charge in [0.2, 0.25) is 0 Å². The number of aliphatic carboxylic acids is 1. The van der Waals surface area contributed by atoms with Gasteiger partial charge in [-0.2, -0.15) is 5.10 Å². The van der Waals surface area contributed by atoms with E-state index in [2.05, 4.69) is 20.1 Å². The Balaban J connectivity index is 1.39. The molecule has 0 amide bonds. The molecule has 1 N–H and O–H groups in total. The highest BCUT2D eigenvalue weighted by molar-refractivity contribution is 5.94. The van der Waals surface area contributed by atoms with Crippen LogP contribution < -0.4 is 4.74 Å². The summed E-state index contributed by atoms with van der Waals surface area (Å²) in [6.45, 7) is 0.583. The quantitative estimate of drug-likeness (QED) is 0.740. The Labute approximate surface area is 144 Å². The predicted octanol–water partition coefficient (Wildman–Crippen LogP) is 2.41. The number of carboxylic acid groups (broad SMARTS) is 1. The molecule has 2 aromatic heterocycles. The van der Waals surface area contributed by atoms with Gasteiger partial charge in [0.25, 0.3) is 0 Å². The van der Waals surface area contributed by atoms with Gasteiger partial charge < -0.3 is 9.84 Å². The lowest BCUT2D eigenvalue weighted by Crippen LogP contribution is -2.09. The summed E-state index contributed by atoms with van der Waals surface area (Å²) in [5, 5.41) is 13.0. The third-order valence-corrected chi connectivity index (χ3v) is 3.77. The summed E-state index contributed by atoms with van der Waals surface area (Å²) < 4.78 is 7.25. The highest BCUT2D eigenvalue weighted by Gasteiger charge is 2.12. The standard InChI is InChI=1S/C17H19N5O3/c23-17(24)15-6-3-5-13(21-15)4-1-2-9-25-14-7-8-16(19-10-14)22-12-18-11-20-22/h6-8,10-12H,1-5,9H2,(H,23,24). The van der Waals surface area contributed by atoms with E-state index in [1.165, 1.54) is 6.33 Å². The predicted molar refractivity (Wildman–Crippen MR) is 90.9 cm³/mol. The maximum atomic E-state index is 10.9. The van der Waals surface area contributed by atoms with Crippen LogP contribution in [0, 0.1) is 0 Å². The number of carbonyl (C=O) groups is 1. The van der Waals surface area contributed by atoms with E-state index in [9.17, 15) is 4.79 Å². The van der Waals surface area contributed by atoms with E-state index >= 15 is 0 Å². The molecule has 3 heterocycles. The molecule has 130 valence electrons. The van der Waals surface area contributed by atoms with Crippen LogP contribution in [0.25, 0.3) is 5.82 Å². The van der Waals surface area contributed by atoms with Crippen molar-refractivity contribution in [3.05, 3.63) is 42.8 Å². The smallest absolute Gasteiger partial charge is 0.354 e. The average molecular weight is 341 g/mol. The van der Waals surface area contributed by atoms with Gasteiger partial charge in [-0.3, -0.25) is 4.99 Å². The van der Waals surface area contributed by atoms with Crippen LogP contribution in [0.5, 0.6) is 5.75 Å². The van der Waals surface area contributed by atoms with Crippen molar-refractivity contribution < 1.29 is 14.6 Å². The number of aliphatic imine (C=N–C) groups is 1. The second-order valence-electron chi connectivity index (χ2n) is 5.61. The normalized spacial score (nSPS) is 13.9. The van der Waals surface area contributed by atoms with Gasteiger partial charge in [-0.25, -0.2) is 19.4 Å². The summed E-state index contributed by atoms with van der Waals surface area (Å²) in [5.41, 5.74) is 1.12. The fourth-order valence-corrected chi connectivity index (χ4v) is 2.50. The first-order chi connectivity index (χ1) is 12.2. The molecule has 8 nitrogen and oxygen atoms in total. The van der Waals surface area contributed by atoms with E-state index in [0.29, 0.717) is 18.2 Å². The van der Waals surface area contributed by atoms with Crippen molar-refractivity contribution in [1.29, 1.82) is 0 Å². The van der Waals surface area contributed by atoms with E-state index in [1.807, 2.05) is 12.1 Å². The minimum Gasteiger partial charge on any atom is -0.492 e. The van der Waals surface area contributed by atoms with Crippen molar-refractivity contribution >= 4 is 11.7 Å². The van der Waals surface area contributed by atoms with Crippen LogP contribution in [0.3, 0.4) is 0 Å². The summed E-state index contributed by atoms with van der Waals surface area (Å²) in [4.78, 5) is 23.3. The van der Waals surface area contributed by atoms with Crippen molar-refractivity contribution in [1.82, 2.24) is 19.7 Å². The molecule has 25 heavy (non-hydrogen) atoms. The third-order valence-electron chi connectivity index (χ3n) is 3.77. The molecule has 1 aliphatic rings. The van der Waals surface area contributed by atoms with Gasteiger partial charge in [0, 0.05) is 5.71 Å². The number of hydrogen-bond acceptors (Lipinski definition) is 6. The van der Waals surface area contributed by atoms with Gasteiger partial charge in [-0.1, -0.05) is 6.08 Å². The molecule has 0 spiro atoms. The molecule has 1 aliphatic heterocycles. The summed E-state index contributed by atoms with van der Waals surface area (Å²) in [6, 6.07) is 3.67. The van der Waals surface area contributed by atoms with Crippen LogP contribution in [-0.2, 0) is 4.79 Å². The minimum absolute atomic E-state index is 0.163.